The number of ether oxygens (including phenoxy) is 6. The zero-order chi connectivity index (χ0) is 31.0. The maximum Gasteiger partial charge on any atom is 0.187 e. The molecule has 1 saturated carbocycles. The van der Waals surface area contributed by atoms with Crippen molar-refractivity contribution in [1.29, 1.82) is 0 Å². The third-order valence-electron chi connectivity index (χ3n) is 8.32. The molecule has 0 bridgehead atoms. The summed E-state index contributed by atoms with van der Waals surface area (Å²) in [5, 5.41) is 82.3. The maximum absolute atomic E-state index is 11.1. The second-order valence-corrected chi connectivity index (χ2v) is 11.2. The third kappa shape index (κ3) is 6.60. The van der Waals surface area contributed by atoms with E-state index in [4.69, 9.17) is 57.1 Å². The zero-order valence-corrected chi connectivity index (χ0v) is 22.7. The van der Waals surface area contributed by atoms with Crippen molar-refractivity contribution in [2.75, 3.05) is 19.8 Å². The molecule has 4 fully saturated rings. The van der Waals surface area contributed by atoms with Gasteiger partial charge in [0.1, 0.15) is 67.1 Å². The second-order valence-electron chi connectivity index (χ2n) is 11.2. The van der Waals surface area contributed by atoms with E-state index in [0.717, 1.165) is 0 Å². The Morgan fingerprint density at radius 1 is 0.524 bits per heavy atom. The molecule has 0 aromatic carbocycles. The fraction of sp³-hybridized carbons (Fsp3) is 1.00. The molecule has 4 aliphatic rings. The Balaban J connectivity index is 1.50. The fourth-order valence-corrected chi connectivity index (χ4v) is 5.70. The fourth-order valence-electron chi connectivity index (χ4n) is 5.70. The van der Waals surface area contributed by atoms with Crippen LogP contribution < -0.4 is 28.7 Å². The zero-order valence-electron chi connectivity index (χ0n) is 22.7. The second kappa shape index (κ2) is 14.1. The van der Waals surface area contributed by atoms with Crippen LogP contribution in [-0.2, 0) is 28.4 Å². The van der Waals surface area contributed by atoms with E-state index >= 15 is 0 Å². The average Bonchev–Trinajstić information content (AvgIpc) is 3.27. The summed E-state index contributed by atoms with van der Waals surface area (Å²) in [6, 6.07) is -4.30. The van der Waals surface area contributed by atoms with Crippen molar-refractivity contribution in [3.63, 3.8) is 0 Å². The van der Waals surface area contributed by atoms with Gasteiger partial charge in [-0.25, -0.2) is 0 Å². The van der Waals surface area contributed by atoms with Crippen LogP contribution in [0.25, 0.3) is 0 Å². The molecule has 0 radical (unpaired) electrons. The molecule has 18 N–H and O–H groups in total. The monoisotopic (exact) mass is 615 g/mol. The molecule has 0 aromatic heterocycles. The summed E-state index contributed by atoms with van der Waals surface area (Å²) in [5.74, 6) is 0. The van der Waals surface area contributed by atoms with E-state index in [1.807, 2.05) is 0 Å². The van der Waals surface area contributed by atoms with Gasteiger partial charge in [-0.2, -0.15) is 0 Å². The quantitative estimate of drug-likeness (QED) is 0.114. The van der Waals surface area contributed by atoms with Gasteiger partial charge in [-0.15, -0.1) is 0 Å². The van der Waals surface area contributed by atoms with Crippen LogP contribution in [-0.4, -0.2) is 177 Å². The molecule has 1 aliphatic carbocycles. The van der Waals surface area contributed by atoms with Crippen molar-refractivity contribution in [3.8, 4) is 0 Å². The Labute approximate surface area is 240 Å². The summed E-state index contributed by atoms with van der Waals surface area (Å²) in [7, 11) is 0. The van der Waals surface area contributed by atoms with Crippen LogP contribution in [0.3, 0.4) is 0 Å². The predicted molar refractivity (Wildman–Crippen MR) is 136 cm³/mol. The highest BCUT2D eigenvalue weighted by Crippen LogP contribution is 2.34. The lowest BCUT2D eigenvalue weighted by Crippen LogP contribution is -2.68. The summed E-state index contributed by atoms with van der Waals surface area (Å²) in [6.07, 6.45) is -20.5. The highest BCUT2D eigenvalue weighted by Gasteiger charge is 2.54. The molecule has 3 saturated heterocycles. The number of hydrogen-bond acceptors (Lipinski definition) is 19. The summed E-state index contributed by atoms with van der Waals surface area (Å²) >= 11 is 0. The van der Waals surface area contributed by atoms with Crippen LogP contribution in [0.2, 0.25) is 0 Å². The molecule has 0 aromatic rings. The lowest BCUT2D eigenvalue weighted by Gasteiger charge is -2.47. The van der Waals surface area contributed by atoms with Gasteiger partial charge in [-0.3, -0.25) is 0 Å². The first-order chi connectivity index (χ1) is 19.8. The number of aliphatic hydroxyl groups excluding tert-OH is 8. The van der Waals surface area contributed by atoms with Gasteiger partial charge >= 0.3 is 0 Å². The lowest BCUT2D eigenvalue weighted by atomic mass is 9.84. The molecule has 0 spiro atoms. The van der Waals surface area contributed by atoms with E-state index < -0.39 is 129 Å². The van der Waals surface area contributed by atoms with Crippen molar-refractivity contribution in [2.24, 2.45) is 28.7 Å². The first-order valence-corrected chi connectivity index (χ1v) is 13.8. The van der Waals surface area contributed by atoms with E-state index in [-0.39, 0.29) is 13.0 Å². The molecular formula is C23H45N5O14. The molecule has 19 nitrogen and oxygen atoms in total. The van der Waals surface area contributed by atoms with Crippen molar-refractivity contribution < 1.29 is 69.3 Å². The van der Waals surface area contributed by atoms with Gasteiger partial charge in [-0.1, -0.05) is 0 Å². The normalized spacial score (nSPS) is 53.8. The van der Waals surface area contributed by atoms with Crippen LogP contribution in [0.4, 0.5) is 0 Å². The van der Waals surface area contributed by atoms with Crippen LogP contribution in [0.15, 0.2) is 0 Å². The minimum absolute atomic E-state index is 0.0642. The van der Waals surface area contributed by atoms with Crippen molar-refractivity contribution >= 4 is 0 Å². The van der Waals surface area contributed by atoms with Crippen molar-refractivity contribution in [3.05, 3.63) is 0 Å². The smallest absolute Gasteiger partial charge is 0.187 e. The van der Waals surface area contributed by atoms with Gasteiger partial charge in [0.05, 0.1) is 31.4 Å². The van der Waals surface area contributed by atoms with E-state index in [1.54, 1.807) is 0 Å². The highest BCUT2D eigenvalue weighted by atomic mass is 16.8. The topological polar surface area (TPSA) is 347 Å². The molecule has 19 atom stereocenters. The molecule has 3 heterocycles. The van der Waals surface area contributed by atoms with E-state index in [9.17, 15) is 40.9 Å². The van der Waals surface area contributed by atoms with Gasteiger partial charge in [0.25, 0.3) is 0 Å². The van der Waals surface area contributed by atoms with Crippen LogP contribution in [0.5, 0.6) is 0 Å². The molecule has 246 valence electrons. The van der Waals surface area contributed by atoms with Crippen molar-refractivity contribution in [2.45, 2.75) is 123 Å². The molecule has 0 amide bonds. The first-order valence-electron chi connectivity index (χ1n) is 13.8. The van der Waals surface area contributed by atoms with E-state index in [2.05, 4.69) is 0 Å². The Hall–Kier alpha value is -0.760. The van der Waals surface area contributed by atoms with Gasteiger partial charge in [0, 0.05) is 18.6 Å². The highest BCUT2D eigenvalue weighted by molar-refractivity contribution is 5.02. The van der Waals surface area contributed by atoms with Crippen LogP contribution >= 0.6 is 0 Å². The minimum atomic E-state index is -1.62. The van der Waals surface area contributed by atoms with Gasteiger partial charge < -0.3 is 97.9 Å². The molecule has 42 heavy (non-hydrogen) atoms. The lowest BCUT2D eigenvalue weighted by molar-refractivity contribution is -0.310. The number of nitrogens with two attached hydrogens (primary N) is 5. The Morgan fingerprint density at radius 3 is 1.55 bits per heavy atom. The average molecular weight is 616 g/mol. The van der Waals surface area contributed by atoms with Gasteiger partial charge in [0.2, 0.25) is 0 Å². The molecule has 3 aliphatic heterocycles. The summed E-state index contributed by atoms with van der Waals surface area (Å²) < 4.78 is 34.4. The molecule has 4 rings (SSSR count). The van der Waals surface area contributed by atoms with Crippen molar-refractivity contribution in [1.82, 2.24) is 0 Å². The van der Waals surface area contributed by atoms with Crippen LogP contribution in [0, 0.1) is 0 Å². The minimum Gasteiger partial charge on any atom is -0.394 e. The van der Waals surface area contributed by atoms with E-state index in [1.165, 1.54) is 0 Å². The van der Waals surface area contributed by atoms with E-state index in [0.29, 0.717) is 0 Å². The molecular weight excluding hydrogens is 570 g/mol. The Morgan fingerprint density at radius 2 is 1.00 bits per heavy atom. The standard InChI is InChI=1S/C23H45N5O14/c24-2-7-13(32)15(34)10(27)21(37-7)41-19-9(4-30)39-23(17(19)36)42-20-12(31)5(25)1-6(26)18(20)40-22-11(28)16(35)14(33)8(3-29)38-22/h5-23,29-36H,1-4,24-28H2/t5-,6?,7-,8?,9-,10?,11?,12?,13-,14-,15?,16-,17?,18-,19+,20-,21-,22-,23+/m1/s1. The largest absolute Gasteiger partial charge is 0.394 e. The predicted octanol–water partition coefficient (Wildman–Crippen LogP) is -8.86. The molecule has 19 heteroatoms. The number of aliphatic hydroxyl groups is 8. The summed E-state index contributed by atoms with van der Waals surface area (Å²) in [5.41, 5.74) is 29.9. The SMILES string of the molecule is NC[C@H]1O[C@H](O[C@@H]2C(O)[C@H](O[C@@H]3C(O)[C@H](N)CC(N)[C@H]3O[C@H]3OC(CO)[C@@H](O)[C@H](O)C3N)O[C@@H]2CO)C(N)C(O)[C@@H]1O. The number of hydrogen-bond donors (Lipinski definition) is 13. The van der Waals surface area contributed by atoms with Gasteiger partial charge in [0.15, 0.2) is 18.9 Å². The molecule has 7 unspecified atom stereocenters. The summed E-state index contributed by atoms with van der Waals surface area (Å²) in [4.78, 5) is 0. The van der Waals surface area contributed by atoms with Crippen LogP contribution in [0.1, 0.15) is 6.42 Å². The Bertz CT molecular complexity index is 866. The Kier molecular flexibility index (Phi) is 11.5. The summed E-state index contributed by atoms with van der Waals surface area (Å²) in [6.45, 7) is -1.49. The third-order valence-corrected chi connectivity index (χ3v) is 8.32. The first kappa shape index (κ1) is 34.1. The van der Waals surface area contributed by atoms with Gasteiger partial charge in [-0.05, 0) is 6.42 Å². The number of rotatable bonds is 9. The maximum atomic E-state index is 11.1.